The zero-order chi connectivity index (χ0) is 17.7. The summed E-state index contributed by atoms with van der Waals surface area (Å²) in [6.07, 6.45) is 0.854. The summed E-state index contributed by atoms with van der Waals surface area (Å²) in [5.74, 6) is 0.0226. The molecule has 0 amide bonds. The summed E-state index contributed by atoms with van der Waals surface area (Å²) >= 11 is 6.94. The van der Waals surface area contributed by atoms with Gasteiger partial charge >= 0.3 is 5.97 Å². The van der Waals surface area contributed by atoms with E-state index in [4.69, 9.17) is 17.0 Å². The molecule has 6 heteroatoms. The number of thiophene rings is 1. The minimum absolute atomic E-state index is 0.362. The average Bonchev–Trinajstić information content (AvgIpc) is 2.97. The summed E-state index contributed by atoms with van der Waals surface area (Å²) in [7, 11) is 1.38. The number of benzene rings is 1. The standard InChI is InChI=1S/C18H22N2O2S2/c1-5-12-10-14(17(21)22-4)16(24-12)20-18(23)19-15-9-7-6-8-13(15)11(2)3/h6-11H,5H2,1-4H3,(H2,19,20,23). The van der Waals surface area contributed by atoms with E-state index in [9.17, 15) is 4.79 Å². The summed E-state index contributed by atoms with van der Waals surface area (Å²) in [5, 5.41) is 7.52. The Hall–Kier alpha value is -1.92. The number of anilines is 2. The molecule has 2 rings (SSSR count). The van der Waals surface area contributed by atoms with E-state index >= 15 is 0 Å². The summed E-state index contributed by atoms with van der Waals surface area (Å²) < 4.78 is 4.85. The lowest BCUT2D eigenvalue weighted by molar-refractivity contribution is 0.0602. The molecule has 0 atom stereocenters. The van der Waals surface area contributed by atoms with Crippen LogP contribution in [0.2, 0.25) is 0 Å². The fourth-order valence-corrected chi connectivity index (χ4v) is 3.61. The molecule has 128 valence electrons. The number of para-hydroxylation sites is 1. The van der Waals surface area contributed by atoms with Crippen LogP contribution in [0.1, 0.15) is 47.5 Å². The van der Waals surface area contributed by atoms with E-state index in [1.807, 2.05) is 31.2 Å². The van der Waals surface area contributed by atoms with Crippen LogP contribution < -0.4 is 10.6 Å². The third-order valence-corrected chi connectivity index (χ3v) is 4.99. The minimum Gasteiger partial charge on any atom is -0.465 e. The molecule has 2 N–H and O–H groups in total. The Morgan fingerprint density at radius 1 is 1.29 bits per heavy atom. The first-order valence-electron chi connectivity index (χ1n) is 7.84. The fourth-order valence-electron chi connectivity index (χ4n) is 2.34. The molecule has 0 radical (unpaired) electrons. The van der Waals surface area contributed by atoms with Crippen molar-refractivity contribution >= 4 is 45.3 Å². The van der Waals surface area contributed by atoms with Crippen molar-refractivity contribution in [3.8, 4) is 0 Å². The van der Waals surface area contributed by atoms with Gasteiger partial charge < -0.3 is 15.4 Å². The highest BCUT2D eigenvalue weighted by Crippen LogP contribution is 2.30. The summed E-state index contributed by atoms with van der Waals surface area (Å²) in [4.78, 5) is 13.0. The van der Waals surface area contributed by atoms with Crippen LogP contribution >= 0.6 is 23.6 Å². The number of ether oxygens (including phenoxy) is 1. The molecule has 0 saturated heterocycles. The van der Waals surface area contributed by atoms with Crippen molar-refractivity contribution in [1.29, 1.82) is 0 Å². The second kappa shape index (κ2) is 8.26. The molecule has 1 aromatic carbocycles. The van der Waals surface area contributed by atoms with Crippen LogP contribution in [-0.4, -0.2) is 18.2 Å². The number of aryl methyl sites for hydroxylation is 1. The minimum atomic E-state index is -0.362. The molecular formula is C18H22N2O2S2. The third kappa shape index (κ3) is 4.33. The van der Waals surface area contributed by atoms with Gasteiger partial charge in [0.05, 0.1) is 12.7 Å². The first kappa shape index (κ1) is 18.4. The lowest BCUT2D eigenvalue weighted by atomic mass is 10.0. The number of carbonyl (C=O) groups is 1. The van der Waals surface area contributed by atoms with Gasteiger partial charge in [0.25, 0.3) is 0 Å². The molecule has 0 spiro atoms. The van der Waals surface area contributed by atoms with Crippen LogP contribution in [0, 0.1) is 0 Å². The molecule has 0 aliphatic rings. The molecule has 1 aromatic heterocycles. The molecule has 0 aliphatic carbocycles. The maximum Gasteiger partial charge on any atom is 0.340 e. The quantitative estimate of drug-likeness (QED) is 0.577. The van der Waals surface area contributed by atoms with Crippen molar-refractivity contribution in [2.75, 3.05) is 17.7 Å². The Morgan fingerprint density at radius 2 is 2.00 bits per heavy atom. The van der Waals surface area contributed by atoms with Crippen molar-refractivity contribution in [3.63, 3.8) is 0 Å². The van der Waals surface area contributed by atoms with E-state index in [2.05, 4.69) is 30.5 Å². The smallest absolute Gasteiger partial charge is 0.340 e. The predicted molar refractivity (Wildman–Crippen MR) is 105 cm³/mol. The predicted octanol–water partition coefficient (Wildman–Crippen LogP) is 5.03. The van der Waals surface area contributed by atoms with Gasteiger partial charge in [-0.15, -0.1) is 11.3 Å². The Morgan fingerprint density at radius 3 is 2.62 bits per heavy atom. The highest BCUT2D eigenvalue weighted by molar-refractivity contribution is 7.80. The maximum absolute atomic E-state index is 11.9. The second-order valence-electron chi connectivity index (χ2n) is 5.62. The van der Waals surface area contributed by atoms with E-state index < -0.39 is 0 Å². The maximum atomic E-state index is 11.9. The van der Waals surface area contributed by atoms with Crippen LogP contribution in [0.25, 0.3) is 0 Å². The van der Waals surface area contributed by atoms with Crippen LogP contribution in [0.15, 0.2) is 30.3 Å². The molecule has 0 bridgehead atoms. The van der Waals surface area contributed by atoms with Gasteiger partial charge in [0.2, 0.25) is 0 Å². The van der Waals surface area contributed by atoms with Crippen molar-refractivity contribution in [2.45, 2.75) is 33.1 Å². The fraction of sp³-hybridized carbons (Fsp3) is 0.333. The van der Waals surface area contributed by atoms with Gasteiger partial charge in [-0.25, -0.2) is 4.79 Å². The highest BCUT2D eigenvalue weighted by atomic mass is 32.1. The molecule has 24 heavy (non-hydrogen) atoms. The van der Waals surface area contributed by atoms with Crippen LogP contribution in [0.5, 0.6) is 0 Å². The second-order valence-corrected chi connectivity index (χ2v) is 7.17. The number of hydrogen-bond acceptors (Lipinski definition) is 4. The van der Waals surface area contributed by atoms with Crippen LogP contribution in [-0.2, 0) is 11.2 Å². The first-order valence-corrected chi connectivity index (χ1v) is 9.06. The van der Waals surface area contributed by atoms with E-state index in [1.165, 1.54) is 24.0 Å². The Balaban J connectivity index is 2.19. The zero-order valence-corrected chi connectivity index (χ0v) is 15.9. The lowest BCUT2D eigenvalue weighted by Gasteiger charge is -2.15. The first-order chi connectivity index (χ1) is 11.5. The normalized spacial score (nSPS) is 10.5. The molecule has 0 unspecified atom stereocenters. The van der Waals surface area contributed by atoms with Crippen molar-refractivity contribution < 1.29 is 9.53 Å². The lowest BCUT2D eigenvalue weighted by Crippen LogP contribution is -2.20. The zero-order valence-electron chi connectivity index (χ0n) is 14.3. The summed E-state index contributed by atoms with van der Waals surface area (Å²) in [6.45, 7) is 6.32. The van der Waals surface area contributed by atoms with Gasteiger partial charge in [-0.05, 0) is 42.3 Å². The Bertz CT molecular complexity index is 738. The molecular weight excluding hydrogens is 340 g/mol. The number of methoxy groups -OCH3 is 1. The molecule has 0 fully saturated rings. The van der Waals surface area contributed by atoms with Crippen molar-refractivity contribution in [1.82, 2.24) is 0 Å². The van der Waals surface area contributed by atoms with Gasteiger partial charge in [0.1, 0.15) is 5.00 Å². The molecule has 0 aliphatic heterocycles. The van der Waals surface area contributed by atoms with E-state index in [0.29, 0.717) is 21.6 Å². The molecule has 0 saturated carbocycles. The number of rotatable bonds is 5. The van der Waals surface area contributed by atoms with Gasteiger partial charge in [-0.2, -0.15) is 0 Å². The summed E-state index contributed by atoms with van der Waals surface area (Å²) in [6, 6.07) is 9.91. The monoisotopic (exact) mass is 362 g/mol. The van der Waals surface area contributed by atoms with E-state index in [0.717, 1.165) is 17.0 Å². The highest BCUT2D eigenvalue weighted by Gasteiger charge is 2.17. The van der Waals surface area contributed by atoms with Crippen LogP contribution in [0.4, 0.5) is 10.7 Å². The number of carbonyl (C=O) groups excluding carboxylic acids is 1. The third-order valence-electron chi connectivity index (χ3n) is 3.59. The topological polar surface area (TPSA) is 50.4 Å². The number of nitrogens with one attached hydrogen (secondary N) is 2. The van der Waals surface area contributed by atoms with Crippen LogP contribution in [0.3, 0.4) is 0 Å². The Kier molecular flexibility index (Phi) is 6.34. The molecule has 2 aromatic rings. The van der Waals surface area contributed by atoms with Gasteiger partial charge in [0.15, 0.2) is 5.11 Å². The average molecular weight is 363 g/mol. The molecule has 1 heterocycles. The number of esters is 1. The van der Waals surface area contributed by atoms with Gasteiger partial charge in [-0.1, -0.05) is 39.0 Å². The summed E-state index contributed by atoms with van der Waals surface area (Å²) in [5.41, 5.74) is 2.67. The van der Waals surface area contributed by atoms with Gasteiger partial charge in [0, 0.05) is 10.6 Å². The Labute approximate surface area is 152 Å². The van der Waals surface area contributed by atoms with E-state index in [-0.39, 0.29) is 5.97 Å². The van der Waals surface area contributed by atoms with Crippen molar-refractivity contribution in [2.24, 2.45) is 0 Å². The molecule has 4 nitrogen and oxygen atoms in total. The SMILES string of the molecule is CCc1cc(C(=O)OC)c(NC(=S)Nc2ccccc2C(C)C)s1. The van der Waals surface area contributed by atoms with Crippen molar-refractivity contribution in [3.05, 3.63) is 46.3 Å². The van der Waals surface area contributed by atoms with E-state index in [1.54, 1.807) is 0 Å². The number of hydrogen-bond donors (Lipinski definition) is 2. The number of thiocarbonyl (C=S) groups is 1. The van der Waals surface area contributed by atoms with Gasteiger partial charge in [-0.3, -0.25) is 0 Å². The largest absolute Gasteiger partial charge is 0.465 e.